The van der Waals surface area contributed by atoms with Crippen LogP contribution >= 0.6 is 0 Å². The maximum Gasteiger partial charge on any atom is 0.255 e. The second-order valence-electron chi connectivity index (χ2n) is 4.47. The molecule has 2 rings (SSSR count). The molecule has 0 radical (unpaired) electrons. The van der Waals surface area contributed by atoms with Gasteiger partial charge in [0.1, 0.15) is 5.75 Å². The van der Waals surface area contributed by atoms with Gasteiger partial charge in [0, 0.05) is 11.4 Å². The lowest BCUT2D eigenvalue weighted by molar-refractivity contribution is 0.0937. The van der Waals surface area contributed by atoms with E-state index >= 15 is 0 Å². The molecule has 18 heavy (non-hydrogen) atoms. The highest BCUT2D eigenvalue weighted by atomic mass is 16.3. The minimum Gasteiger partial charge on any atom is -0.506 e. The SMILES string of the molecule is CCC(C)NC(=O)c1ccc2ccccc2c1O. The Balaban J connectivity index is 2.40. The summed E-state index contributed by atoms with van der Waals surface area (Å²) in [5.41, 5.74) is 0.328. The summed E-state index contributed by atoms with van der Waals surface area (Å²) < 4.78 is 0. The van der Waals surface area contributed by atoms with Crippen LogP contribution in [0, 0.1) is 0 Å². The van der Waals surface area contributed by atoms with Crippen LogP contribution in [0.2, 0.25) is 0 Å². The molecule has 1 amide bonds. The number of carbonyl (C=O) groups excluding carboxylic acids is 1. The average Bonchev–Trinajstić information content (AvgIpc) is 2.39. The van der Waals surface area contributed by atoms with E-state index in [0.29, 0.717) is 10.9 Å². The van der Waals surface area contributed by atoms with E-state index in [9.17, 15) is 9.90 Å². The molecule has 2 aromatic carbocycles. The summed E-state index contributed by atoms with van der Waals surface area (Å²) in [7, 11) is 0. The first-order valence-corrected chi connectivity index (χ1v) is 6.15. The fourth-order valence-corrected chi connectivity index (χ4v) is 1.84. The smallest absolute Gasteiger partial charge is 0.255 e. The van der Waals surface area contributed by atoms with Crippen LogP contribution in [0.5, 0.6) is 5.75 Å². The van der Waals surface area contributed by atoms with Crippen LogP contribution in [0.4, 0.5) is 0 Å². The van der Waals surface area contributed by atoms with Crippen LogP contribution in [-0.4, -0.2) is 17.1 Å². The Labute approximate surface area is 106 Å². The lowest BCUT2D eigenvalue weighted by Crippen LogP contribution is -2.31. The molecule has 0 spiro atoms. The van der Waals surface area contributed by atoms with Crippen molar-refractivity contribution < 1.29 is 9.90 Å². The Morgan fingerprint density at radius 1 is 1.28 bits per heavy atom. The Morgan fingerprint density at radius 3 is 2.72 bits per heavy atom. The number of rotatable bonds is 3. The van der Waals surface area contributed by atoms with E-state index < -0.39 is 0 Å². The van der Waals surface area contributed by atoms with Gasteiger partial charge in [-0.3, -0.25) is 4.79 Å². The fraction of sp³-hybridized carbons (Fsp3) is 0.267. The lowest BCUT2D eigenvalue weighted by atomic mass is 10.0. The largest absolute Gasteiger partial charge is 0.506 e. The predicted octanol–water partition coefficient (Wildman–Crippen LogP) is 3.07. The van der Waals surface area contributed by atoms with Gasteiger partial charge in [-0.05, 0) is 24.8 Å². The van der Waals surface area contributed by atoms with Crippen molar-refractivity contribution in [3.05, 3.63) is 42.0 Å². The standard InChI is InChI=1S/C15H17NO2/c1-3-10(2)16-15(18)13-9-8-11-6-4-5-7-12(11)14(13)17/h4-10,17H,3H2,1-2H3,(H,16,18). The Bertz CT molecular complexity index is 578. The number of benzene rings is 2. The van der Waals surface area contributed by atoms with E-state index in [1.54, 1.807) is 6.07 Å². The molecule has 0 aliphatic heterocycles. The summed E-state index contributed by atoms with van der Waals surface area (Å²) in [6.45, 7) is 3.95. The lowest BCUT2D eigenvalue weighted by Gasteiger charge is -2.13. The molecule has 1 unspecified atom stereocenters. The second-order valence-corrected chi connectivity index (χ2v) is 4.47. The molecular formula is C15H17NO2. The minimum atomic E-state index is -0.229. The zero-order chi connectivity index (χ0) is 13.1. The Hall–Kier alpha value is -2.03. The highest BCUT2D eigenvalue weighted by Crippen LogP contribution is 2.28. The van der Waals surface area contributed by atoms with E-state index in [0.717, 1.165) is 11.8 Å². The van der Waals surface area contributed by atoms with Crippen molar-refractivity contribution in [2.75, 3.05) is 0 Å². The number of hydrogen-bond donors (Lipinski definition) is 2. The van der Waals surface area contributed by atoms with Crippen LogP contribution < -0.4 is 5.32 Å². The summed E-state index contributed by atoms with van der Waals surface area (Å²) >= 11 is 0. The average molecular weight is 243 g/mol. The molecule has 0 aromatic heterocycles. The van der Waals surface area contributed by atoms with Gasteiger partial charge in [0.25, 0.3) is 5.91 Å². The van der Waals surface area contributed by atoms with Gasteiger partial charge >= 0.3 is 0 Å². The summed E-state index contributed by atoms with van der Waals surface area (Å²) in [6, 6.07) is 11.1. The van der Waals surface area contributed by atoms with Gasteiger partial charge in [-0.25, -0.2) is 0 Å². The quantitative estimate of drug-likeness (QED) is 0.870. The third kappa shape index (κ3) is 2.30. The molecule has 94 valence electrons. The molecule has 0 fully saturated rings. The maximum atomic E-state index is 12.0. The first-order chi connectivity index (χ1) is 8.63. The normalized spacial score (nSPS) is 12.3. The van der Waals surface area contributed by atoms with Crippen molar-refractivity contribution in [1.29, 1.82) is 0 Å². The van der Waals surface area contributed by atoms with Crippen molar-refractivity contribution in [2.24, 2.45) is 0 Å². The van der Waals surface area contributed by atoms with Crippen LogP contribution in [0.3, 0.4) is 0 Å². The van der Waals surface area contributed by atoms with E-state index in [1.807, 2.05) is 44.2 Å². The van der Waals surface area contributed by atoms with E-state index in [4.69, 9.17) is 0 Å². The van der Waals surface area contributed by atoms with Gasteiger partial charge in [0.2, 0.25) is 0 Å². The van der Waals surface area contributed by atoms with Gasteiger partial charge in [-0.2, -0.15) is 0 Å². The van der Waals surface area contributed by atoms with Crippen molar-refractivity contribution in [3.63, 3.8) is 0 Å². The number of carbonyl (C=O) groups is 1. The molecule has 3 heteroatoms. The molecule has 0 saturated heterocycles. The van der Waals surface area contributed by atoms with Crippen LogP contribution in [-0.2, 0) is 0 Å². The molecule has 2 aromatic rings. The highest BCUT2D eigenvalue weighted by Gasteiger charge is 2.14. The summed E-state index contributed by atoms with van der Waals surface area (Å²) in [5, 5.41) is 14.6. The number of aromatic hydroxyl groups is 1. The first-order valence-electron chi connectivity index (χ1n) is 6.15. The number of amides is 1. The van der Waals surface area contributed by atoms with Crippen LogP contribution in [0.1, 0.15) is 30.6 Å². The van der Waals surface area contributed by atoms with E-state index in [1.165, 1.54) is 0 Å². The fourth-order valence-electron chi connectivity index (χ4n) is 1.84. The number of nitrogens with one attached hydrogen (secondary N) is 1. The zero-order valence-electron chi connectivity index (χ0n) is 10.6. The van der Waals surface area contributed by atoms with E-state index in [2.05, 4.69) is 5.32 Å². The van der Waals surface area contributed by atoms with Gasteiger partial charge in [0.15, 0.2) is 0 Å². The molecular weight excluding hydrogens is 226 g/mol. The number of phenolic OH excluding ortho intramolecular Hbond substituents is 1. The van der Waals surface area contributed by atoms with Gasteiger partial charge in [-0.1, -0.05) is 37.3 Å². The minimum absolute atomic E-state index is 0.0499. The summed E-state index contributed by atoms with van der Waals surface area (Å²) in [4.78, 5) is 12.0. The third-order valence-electron chi connectivity index (χ3n) is 3.14. The third-order valence-corrected chi connectivity index (χ3v) is 3.14. The molecule has 3 nitrogen and oxygen atoms in total. The molecule has 1 atom stereocenters. The molecule has 0 aliphatic rings. The second kappa shape index (κ2) is 5.08. The molecule has 0 aliphatic carbocycles. The van der Waals surface area contributed by atoms with Gasteiger partial charge in [0.05, 0.1) is 5.56 Å². The summed E-state index contributed by atoms with van der Waals surface area (Å²) in [5.74, 6) is -0.179. The van der Waals surface area contributed by atoms with Gasteiger partial charge in [-0.15, -0.1) is 0 Å². The van der Waals surface area contributed by atoms with Gasteiger partial charge < -0.3 is 10.4 Å². The summed E-state index contributed by atoms with van der Waals surface area (Å²) in [6.07, 6.45) is 0.861. The van der Waals surface area contributed by atoms with E-state index in [-0.39, 0.29) is 17.7 Å². The monoisotopic (exact) mass is 243 g/mol. The topological polar surface area (TPSA) is 49.3 Å². The number of hydrogen-bond acceptors (Lipinski definition) is 2. The molecule has 0 bridgehead atoms. The Morgan fingerprint density at radius 2 is 2.00 bits per heavy atom. The van der Waals surface area contributed by atoms with Crippen molar-refractivity contribution in [1.82, 2.24) is 5.32 Å². The van der Waals surface area contributed by atoms with Crippen molar-refractivity contribution in [2.45, 2.75) is 26.3 Å². The molecule has 0 heterocycles. The zero-order valence-corrected chi connectivity index (χ0v) is 10.6. The highest BCUT2D eigenvalue weighted by molar-refractivity contribution is 6.03. The number of fused-ring (bicyclic) bond motifs is 1. The van der Waals surface area contributed by atoms with Crippen molar-refractivity contribution in [3.8, 4) is 5.75 Å². The number of phenols is 1. The first kappa shape index (κ1) is 12.4. The van der Waals surface area contributed by atoms with Crippen molar-refractivity contribution >= 4 is 16.7 Å². The van der Waals surface area contributed by atoms with Crippen LogP contribution in [0.15, 0.2) is 36.4 Å². The van der Waals surface area contributed by atoms with Crippen LogP contribution in [0.25, 0.3) is 10.8 Å². The molecule has 0 saturated carbocycles. The molecule has 2 N–H and O–H groups in total. The predicted molar refractivity (Wildman–Crippen MR) is 72.8 cm³/mol. The Kier molecular flexibility index (Phi) is 3.51. The maximum absolute atomic E-state index is 12.0.